The lowest BCUT2D eigenvalue weighted by molar-refractivity contribution is 0.610. The van der Waals surface area contributed by atoms with E-state index in [1.807, 2.05) is 0 Å². The summed E-state index contributed by atoms with van der Waals surface area (Å²) in [5.74, 6) is -0.226. The molecule has 0 saturated carbocycles. The summed E-state index contributed by atoms with van der Waals surface area (Å²) in [5.41, 5.74) is 1.07. The van der Waals surface area contributed by atoms with Gasteiger partial charge < -0.3 is 5.32 Å². The Hall–Kier alpha value is -0.120. The van der Waals surface area contributed by atoms with Crippen molar-refractivity contribution in [2.45, 2.75) is 31.7 Å². The average molecular weight is 309 g/mol. The first-order chi connectivity index (χ1) is 7.63. The number of nitrogens with one attached hydrogen (secondary N) is 1. The molecule has 4 heteroatoms. The van der Waals surface area contributed by atoms with Crippen molar-refractivity contribution in [1.82, 2.24) is 5.32 Å². The third kappa shape index (κ3) is 4.81. The molecule has 0 saturated heterocycles. The first kappa shape index (κ1) is 13.9. The van der Waals surface area contributed by atoms with Gasteiger partial charge in [0.2, 0.25) is 0 Å². The van der Waals surface area contributed by atoms with Gasteiger partial charge in [-0.05, 0) is 53.0 Å². The van der Waals surface area contributed by atoms with E-state index in [1.165, 1.54) is 6.07 Å². The number of rotatable bonds is 6. The fraction of sp³-hybridized carbons (Fsp3) is 0.500. The van der Waals surface area contributed by atoms with Crippen LogP contribution in [0.5, 0.6) is 0 Å². The second kappa shape index (κ2) is 7.25. The van der Waals surface area contributed by atoms with Gasteiger partial charge in [-0.1, -0.05) is 13.0 Å². The number of halogens is 3. The maximum absolute atomic E-state index is 13.0. The smallest absolute Gasteiger partial charge is 0.137 e. The normalized spacial score (nSPS) is 12.8. The molecule has 1 aromatic rings. The van der Waals surface area contributed by atoms with E-state index < -0.39 is 0 Å². The molecule has 1 nitrogen and oxygen atoms in total. The van der Waals surface area contributed by atoms with Crippen LogP contribution in [0.1, 0.15) is 25.3 Å². The zero-order chi connectivity index (χ0) is 12.0. The van der Waals surface area contributed by atoms with E-state index in [1.54, 1.807) is 12.1 Å². The van der Waals surface area contributed by atoms with Crippen molar-refractivity contribution < 1.29 is 4.39 Å². The Morgan fingerprint density at radius 2 is 2.25 bits per heavy atom. The van der Waals surface area contributed by atoms with Gasteiger partial charge >= 0.3 is 0 Å². The molecular weight excluding hydrogens is 292 g/mol. The van der Waals surface area contributed by atoms with Crippen molar-refractivity contribution in [3.63, 3.8) is 0 Å². The molecule has 0 radical (unpaired) electrons. The highest BCUT2D eigenvalue weighted by atomic mass is 79.9. The Labute approximate surface area is 110 Å². The van der Waals surface area contributed by atoms with Crippen LogP contribution in [-0.4, -0.2) is 11.9 Å². The van der Waals surface area contributed by atoms with Crippen LogP contribution in [0.15, 0.2) is 22.7 Å². The van der Waals surface area contributed by atoms with Gasteiger partial charge in [0.1, 0.15) is 5.82 Å². The molecule has 1 rings (SSSR count). The van der Waals surface area contributed by atoms with Gasteiger partial charge in [0.15, 0.2) is 0 Å². The number of hydrogen-bond donors (Lipinski definition) is 1. The second-order valence-electron chi connectivity index (χ2n) is 3.72. The second-order valence-corrected chi connectivity index (χ2v) is 5.19. The lowest BCUT2D eigenvalue weighted by Crippen LogP contribution is -2.17. The lowest BCUT2D eigenvalue weighted by atomic mass is 10.2. The average Bonchev–Trinajstić information content (AvgIpc) is 2.28. The Kier molecular flexibility index (Phi) is 6.32. The van der Waals surface area contributed by atoms with Gasteiger partial charge in [-0.15, -0.1) is 11.6 Å². The predicted molar refractivity (Wildman–Crippen MR) is 70.4 cm³/mol. The molecule has 90 valence electrons. The van der Waals surface area contributed by atoms with Crippen LogP contribution in [0.25, 0.3) is 0 Å². The Morgan fingerprint density at radius 3 is 2.88 bits per heavy atom. The third-order valence-corrected chi connectivity index (χ3v) is 3.52. The highest BCUT2D eigenvalue weighted by molar-refractivity contribution is 9.10. The Bertz CT molecular complexity index is 333. The van der Waals surface area contributed by atoms with Gasteiger partial charge in [-0.25, -0.2) is 4.39 Å². The third-order valence-electron chi connectivity index (χ3n) is 2.39. The molecule has 0 bridgehead atoms. The largest absolute Gasteiger partial charge is 0.313 e. The van der Waals surface area contributed by atoms with Crippen molar-refractivity contribution in [2.75, 3.05) is 6.54 Å². The summed E-state index contributed by atoms with van der Waals surface area (Å²) in [7, 11) is 0. The SMILES string of the molecule is CCC(Cl)CCNCc1ccc(F)c(Br)c1. The van der Waals surface area contributed by atoms with Gasteiger partial charge in [-0.2, -0.15) is 0 Å². The van der Waals surface area contributed by atoms with Crippen LogP contribution >= 0.6 is 27.5 Å². The number of hydrogen-bond acceptors (Lipinski definition) is 1. The van der Waals surface area contributed by atoms with Crippen LogP contribution in [0.2, 0.25) is 0 Å². The van der Waals surface area contributed by atoms with Gasteiger partial charge in [0.05, 0.1) is 4.47 Å². The highest BCUT2D eigenvalue weighted by Gasteiger charge is 2.02. The molecule has 1 unspecified atom stereocenters. The quantitative estimate of drug-likeness (QED) is 0.616. The first-order valence-electron chi connectivity index (χ1n) is 5.42. The molecule has 1 atom stereocenters. The molecule has 1 aromatic carbocycles. The van der Waals surface area contributed by atoms with Crippen LogP contribution in [0.4, 0.5) is 4.39 Å². The van der Waals surface area contributed by atoms with Crippen LogP contribution in [0.3, 0.4) is 0 Å². The van der Waals surface area contributed by atoms with Crippen LogP contribution < -0.4 is 5.32 Å². The van der Waals surface area contributed by atoms with E-state index in [4.69, 9.17) is 11.6 Å². The van der Waals surface area contributed by atoms with Crippen molar-refractivity contribution >= 4 is 27.5 Å². The molecule has 0 aliphatic heterocycles. The Morgan fingerprint density at radius 1 is 1.50 bits per heavy atom. The lowest BCUT2D eigenvalue weighted by Gasteiger charge is -2.08. The summed E-state index contributed by atoms with van der Waals surface area (Å²) >= 11 is 9.16. The molecule has 0 amide bonds. The van der Waals surface area contributed by atoms with Crippen molar-refractivity contribution in [3.8, 4) is 0 Å². The molecule has 16 heavy (non-hydrogen) atoms. The van der Waals surface area contributed by atoms with E-state index >= 15 is 0 Å². The van der Waals surface area contributed by atoms with E-state index in [-0.39, 0.29) is 11.2 Å². The molecular formula is C12H16BrClFN. The summed E-state index contributed by atoms with van der Waals surface area (Å²) in [6.07, 6.45) is 1.95. The molecule has 0 aliphatic rings. The zero-order valence-corrected chi connectivity index (χ0v) is 11.6. The summed E-state index contributed by atoms with van der Waals surface area (Å²) in [4.78, 5) is 0. The monoisotopic (exact) mass is 307 g/mol. The maximum atomic E-state index is 13.0. The minimum atomic E-state index is -0.226. The van der Waals surface area contributed by atoms with Gasteiger partial charge in [-0.3, -0.25) is 0 Å². The minimum absolute atomic E-state index is 0.226. The topological polar surface area (TPSA) is 12.0 Å². The van der Waals surface area contributed by atoms with E-state index in [9.17, 15) is 4.39 Å². The van der Waals surface area contributed by atoms with E-state index in [0.29, 0.717) is 4.47 Å². The Balaban J connectivity index is 2.29. The minimum Gasteiger partial charge on any atom is -0.313 e. The van der Waals surface area contributed by atoms with Crippen molar-refractivity contribution in [3.05, 3.63) is 34.1 Å². The molecule has 0 spiro atoms. The molecule has 0 aliphatic carbocycles. The zero-order valence-electron chi connectivity index (χ0n) is 9.27. The summed E-state index contributed by atoms with van der Waals surface area (Å²) < 4.78 is 13.5. The van der Waals surface area contributed by atoms with Gasteiger partial charge in [0, 0.05) is 11.9 Å². The van der Waals surface area contributed by atoms with E-state index in [2.05, 4.69) is 28.2 Å². The van der Waals surface area contributed by atoms with E-state index in [0.717, 1.165) is 31.5 Å². The summed E-state index contributed by atoms with van der Waals surface area (Å²) in [5, 5.41) is 3.53. The molecule has 0 heterocycles. The van der Waals surface area contributed by atoms with Crippen LogP contribution in [-0.2, 0) is 6.54 Å². The fourth-order valence-corrected chi connectivity index (χ4v) is 1.88. The standard InChI is InChI=1S/C12H16BrClFN/c1-2-10(14)5-6-16-8-9-3-4-12(15)11(13)7-9/h3-4,7,10,16H,2,5-6,8H2,1H3. The van der Waals surface area contributed by atoms with Crippen LogP contribution in [0, 0.1) is 5.82 Å². The number of alkyl halides is 1. The maximum Gasteiger partial charge on any atom is 0.137 e. The van der Waals surface area contributed by atoms with Crippen molar-refractivity contribution in [1.29, 1.82) is 0 Å². The highest BCUT2D eigenvalue weighted by Crippen LogP contribution is 2.16. The summed E-state index contributed by atoms with van der Waals surface area (Å²) in [6.45, 7) is 3.71. The van der Waals surface area contributed by atoms with Gasteiger partial charge in [0.25, 0.3) is 0 Å². The summed E-state index contributed by atoms with van der Waals surface area (Å²) in [6, 6.07) is 5.04. The molecule has 0 aromatic heterocycles. The predicted octanol–water partition coefficient (Wildman–Crippen LogP) is 4.09. The molecule has 0 fully saturated rings. The molecule has 1 N–H and O–H groups in total. The fourth-order valence-electron chi connectivity index (χ4n) is 1.35. The van der Waals surface area contributed by atoms with Crippen molar-refractivity contribution in [2.24, 2.45) is 0 Å². The first-order valence-corrected chi connectivity index (χ1v) is 6.65. The number of benzene rings is 1.